The summed E-state index contributed by atoms with van der Waals surface area (Å²) >= 11 is 3.40. The molecule has 0 radical (unpaired) electrons. The summed E-state index contributed by atoms with van der Waals surface area (Å²) in [5.74, 6) is 2.80. The van der Waals surface area contributed by atoms with Gasteiger partial charge in [-0.15, -0.1) is 11.8 Å². The van der Waals surface area contributed by atoms with Crippen LogP contribution in [0.2, 0.25) is 0 Å². The number of benzene rings is 2. The van der Waals surface area contributed by atoms with Crippen LogP contribution in [0.5, 0.6) is 5.75 Å². The van der Waals surface area contributed by atoms with Crippen LogP contribution in [0.25, 0.3) is 0 Å². The van der Waals surface area contributed by atoms with Gasteiger partial charge in [-0.3, -0.25) is 4.79 Å². The second kappa shape index (κ2) is 10.4. The van der Waals surface area contributed by atoms with Crippen molar-refractivity contribution in [2.75, 3.05) is 19.4 Å². The summed E-state index contributed by atoms with van der Waals surface area (Å²) in [4.78, 5) is 13.2. The SMILES string of the molecule is COc1ccc(S[C@H](C)C(=O)NCCSCc2cccc(C)c2)cc1. The first-order chi connectivity index (χ1) is 12.1. The molecule has 2 aromatic carbocycles. The molecule has 0 aliphatic heterocycles. The Kier molecular flexibility index (Phi) is 8.22. The van der Waals surface area contributed by atoms with Crippen molar-refractivity contribution in [1.82, 2.24) is 5.32 Å². The number of rotatable bonds is 9. The molecule has 1 atom stereocenters. The number of carbonyl (C=O) groups is 1. The van der Waals surface area contributed by atoms with Crippen LogP contribution in [-0.2, 0) is 10.5 Å². The van der Waals surface area contributed by atoms with Crippen molar-refractivity contribution in [3.8, 4) is 5.75 Å². The van der Waals surface area contributed by atoms with Gasteiger partial charge in [-0.1, -0.05) is 29.8 Å². The van der Waals surface area contributed by atoms with Gasteiger partial charge in [-0.05, 0) is 43.7 Å². The minimum Gasteiger partial charge on any atom is -0.497 e. The predicted octanol–water partition coefficient (Wildman–Crippen LogP) is 4.53. The Morgan fingerprint density at radius 2 is 1.96 bits per heavy atom. The monoisotopic (exact) mass is 375 g/mol. The first kappa shape index (κ1) is 19.7. The maximum absolute atomic E-state index is 12.2. The molecular weight excluding hydrogens is 350 g/mol. The molecule has 0 fully saturated rings. The molecular formula is C20H25NO2S2. The minimum absolute atomic E-state index is 0.0805. The van der Waals surface area contributed by atoms with Crippen molar-refractivity contribution in [3.05, 3.63) is 59.7 Å². The van der Waals surface area contributed by atoms with E-state index < -0.39 is 0 Å². The Morgan fingerprint density at radius 1 is 1.20 bits per heavy atom. The number of amides is 1. The molecule has 0 aliphatic carbocycles. The van der Waals surface area contributed by atoms with Crippen LogP contribution in [0.4, 0.5) is 0 Å². The van der Waals surface area contributed by atoms with E-state index in [1.807, 2.05) is 43.0 Å². The van der Waals surface area contributed by atoms with E-state index in [2.05, 4.69) is 36.5 Å². The van der Waals surface area contributed by atoms with E-state index in [0.717, 1.165) is 22.2 Å². The summed E-state index contributed by atoms with van der Waals surface area (Å²) in [5, 5.41) is 2.90. The van der Waals surface area contributed by atoms with Gasteiger partial charge in [0, 0.05) is 22.9 Å². The zero-order valence-corrected chi connectivity index (χ0v) is 16.6. The van der Waals surface area contributed by atoms with Crippen LogP contribution in [0.15, 0.2) is 53.4 Å². The molecule has 25 heavy (non-hydrogen) atoms. The van der Waals surface area contributed by atoms with Gasteiger partial charge >= 0.3 is 0 Å². The van der Waals surface area contributed by atoms with E-state index in [0.29, 0.717) is 6.54 Å². The number of nitrogens with one attached hydrogen (secondary N) is 1. The molecule has 0 saturated heterocycles. The van der Waals surface area contributed by atoms with Gasteiger partial charge in [0.25, 0.3) is 0 Å². The smallest absolute Gasteiger partial charge is 0.233 e. The van der Waals surface area contributed by atoms with E-state index in [-0.39, 0.29) is 11.2 Å². The molecule has 0 spiro atoms. The number of ether oxygens (including phenoxy) is 1. The molecule has 0 unspecified atom stereocenters. The molecule has 0 bridgehead atoms. The zero-order valence-electron chi connectivity index (χ0n) is 15.0. The van der Waals surface area contributed by atoms with E-state index in [1.54, 1.807) is 18.9 Å². The normalized spacial score (nSPS) is 11.8. The van der Waals surface area contributed by atoms with E-state index >= 15 is 0 Å². The molecule has 1 N–H and O–H groups in total. The Balaban J connectivity index is 1.65. The van der Waals surface area contributed by atoms with Crippen LogP contribution in [0, 0.1) is 6.92 Å². The molecule has 3 nitrogen and oxygen atoms in total. The van der Waals surface area contributed by atoms with Gasteiger partial charge in [-0.2, -0.15) is 11.8 Å². The highest BCUT2D eigenvalue weighted by molar-refractivity contribution is 8.00. The number of hydrogen-bond donors (Lipinski definition) is 1. The molecule has 2 rings (SSSR count). The van der Waals surface area contributed by atoms with Gasteiger partial charge in [-0.25, -0.2) is 0 Å². The van der Waals surface area contributed by atoms with E-state index in [4.69, 9.17) is 4.74 Å². The maximum atomic E-state index is 12.2. The van der Waals surface area contributed by atoms with Crippen LogP contribution in [0.1, 0.15) is 18.1 Å². The molecule has 1 amide bonds. The van der Waals surface area contributed by atoms with Crippen molar-refractivity contribution < 1.29 is 9.53 Å². The van der Waals surface area contributed by atoms with Crippen molar-refractivity contribution >= 4 is 29.4 Å². The molecule has 134 valence electrons. The molecule has 0 saturated carbocycles. The fourth-order valence-electron chi connectivity index (χ4n) is 2.29. The molecule has 0 heterocycles. The lowest BCUT2D eigenvalue weighted by atomic mass is 10.2. The van der Waals surface area contributed by atoms with Crippen LogP contribution >= 0.6 is 23.5 Å². The van der Waals surface area contributed by atoms with E-state index in [1.165, 1.54) is 11.1 Å². The molecule has 0 aromatic heterocycles. The van der Waals surface area contributed by atoms with Gasteiger partial charge in [0.05, 0.1) is 12.4 Å². The Hall–Kier alpha value is -1.59. The van der Waals surface area contributed by atoms with Crippen LogP contribution in [-0.4, -0.2) is 30.6 Å². The summed E-state index contributed by atoms with van der Waals surface area (Å²) in [6.45, 7) is 4.74. The molecule has 0 aliphatic rings. The van der Waals surface area contributed by atoms with Crippen LogP contribution in [0.3, 0.4) is 0 Å². The fourth-order valence-corrected chi connectivity index (χ4v) is 3.99. The Labute approximate surface area is 158 Å². The molecule has 5 heteroatoms. The zero-order chi connectivity index (χ0) is 18.1. The summed E-state index contributed by atoms with van der Waals surface area (Å²) in [6.07, 6.45) is 0. The quantitative estimate of drug-likeness (QED) is 0.516. The van der Waals surface area contributed by atoms with Crippen molar-refractivity contribution in [2.24, 2.45) is 0 Å². The lowest BCUT2D eigenvalue weighted by Gasteiger charge is -2.12. The largest absolute Gasteiger partial charge is 0.497 e. The second-order valence-electron chi connectivity index (χ2n) is 5.77. The number of thioether (sulfide) groups is 2. The summed E-state index contributed by atoms with van der Waals surface area (Å²) in [5.41, 5.74) is 2.62. The van der Waals surface area contributed by atoms with Gasteiger partial charge in [0.15, 0.2) is 0 Å². The molecule has 2 aromatic rings. The number of carbonyl (C=O) groups excluding carboxylic acids is 1. The highest BCUT2D eigenvalue weighted by atomic mass is 32.2. The number of methoxy groups -OCH3 is 1. The highest BCUT2D eigenvalue weighted by Gasteiger charge is 2.13. The standard InChI is InChI=1S/C20H25NO2S2/c1-15-5-4-6-17(13-15)14-24-12-11-21-20(22)16(2)25-19-9-7-18(23-3)8-10-19/h4-10,13,16H,11-12,14H2,1-3H3,(H,21,22)/t16-/m1/s1. The summed E-state index contributed by atoms with van der Waals surface area (Å²) < 4.78 is 5.15. The highest BCUT2D eigenvalue weighted by Crippen LogP contribution is 2.25. The van der Waals surface area contributed by atoms with Gasteiger partial charge < -0.3 is 10.1 Å². The van der Waals surface area contributed by atoms with Crippen molar-refractivity contribution in [1.29, 1.82) is 0 Å². The second-order valence-corrected chi connectivity index (χ2v) is 8.29. The van der Waals surface area contributed by atoms with Gasteiger partial charge in [0.1, 0.15) is 5.75 Å². The lowest BCUT2D eigenvalue weighted by molar-refractivity contribution is -0.120. The average Bonchev–Trinajstić information content (AvgIpc) is 2.62. The Bertz CT molecular complexity index is 674. The average molecular weight is 376 g/mol. The maximum Gasteiger partial charge on any atom is 0.233 e. The van der Waals surface area contributed by atoms with Gasteiger partial charge in [0.2, 0.25) is 5.91 Å². The third-order valence-electron chi connectivity index (χ3n) is 3.64. The van der Waals surface area contributed by atoms with Crippen LogP contribution < -0.4 is 10.1 Å². The Morgan fingerprint density at radius 3 is 2.64 bits per heavy atom. The lowest BCUT2D eigenvalue weighted by Crippen LogP contribution is -2.32. The minimum atomic E-state index is -0.116. The van der Waals surface area contributed by atoms with Crippen molar-refractivity contribution in [3.63, 3.8) is 0 Å². The third kappa shape index (κ3) is 7.04. The first-order valence-corrected chi connectivity index (χ1v) is 10.3. The fraction of sp³-hybridized carbons (Fsp3) is 0.350. The summed E-state index contributed by atoms with van der Waals surface area (Å²) in [7, 11) is 1.65. The van der Waals surface area contributed by atoms with E-state index in [9.17, 15) is 4.79 Å². The summed E-state index contributed by atoms with van der Waals surface area (Å²) in [6, 6.07) is 16.3. The first-order valence-electron chi connectivity index (χ1n) is 8.30. The predicted molar refractivity (Wildman–Crippen MR) is 109 cm³/mol. The number of hydrogen-bond acceptors (Lipinski definition) is 4. The van der Waals surface area contributed by atoms with Crippen molar-refractivity contribution in [2.45, 2.75) is 29.7 Å². The number of aryl methyl sites for hydroxylation is 1. The topological polar surface area (TPSA) is 38.3 Å². The third-order valence-corrected chi connectivity index (χ3v) is 5.78.